The first kappa shape index (κ1) is 17.2. The zero-order chi connectivity index (χ0) is 19.0. The predicted molar refractivity (Wildman–Crippen MR) is 92.1 cm³/mol. The molecule has 1 aliphatic rings. The minimum atomic E-state index is -1.31. The van der Waals surface area contributed by atoms with E-state index in [9.17, 15) is 24.6 Å². The van der Waals surface area contributed by atoms with E-state index < -0.39 is 35.2 Å². The quantitative estimate of drug-likeness (QED) is 0.778. The highest BCUT2D eigenvalue weighted by atomic mass is 16.4. The van der Waals surface area contributed by atoms with E-state index in [4.69, 9.17) is 5.11 Å². The van der Waals surface area contributed by atoms with Gasteiger partial charge in [0, 0.05) is 11.8 Å². The van der Waals surface area contributed by atoms with Crippen LogP contribution in [0, 0.1) is 0 Å². The molecule has 0 unspecified atom stereocenters. The molecule has 1 aliphatic heterocycles. The van der Waals surface area contributed by atoms with Gasteiger partial charge in [-0.05, 0) is 24.6 Å². The Labute approximate surface area is 148 Å². The van der Waals surface area contributed by atoms with E-state index in [1.54, 1.807) is 30.3 Å². The lowest BCUT2D eigenvalue weighted by molar-refractivity contribution is -0.117. The molecule has 2 aromatic rings. The maximum absolute atomic E-state index is 12.6. The number of carboxylic acid groups (broad SMARTS) is 1. The number of carbonyl (C=O) groups is 3. The Hall–Kier alpha value is -3.61. The summed E-state index contributed by atoms with van der Waals surface area (Å²) in [4.78, 5) is 36.9. The van der Waals surface area contributed by atoms with Crippen molar-refractivity contribution >= 4 is 23.3 Å². The molecule has 0 saturated carbocycles. The number of aromatic hydroxyl groups is 1. The van der Waals surface area contributed by atoms with Gasteiger partial charge in [0.2, 0.25) is 0 Å². The summed E-state index contributed by atoms with van der Waals surface area (Å²) in [6, 6.07) is 11.4. The summed E-state index contributed by atoms with van der Waals surface area (Å²) >= 11 is 0. The fourth-order valence-corrected chi connectivity index (χ4v) is 3.03. The van der Waals surface area contributed by atoms with Crippen LogP contribution in [0.25, 0.3) is 0 Å². The molecule has 2 aromatic carbocycles. The van der Waals surface area contributed by atoms with Gasteiger partial charge in [-0.1, -0.05) is 30.3 Å². The first-order valence-electron chi connectivity index (χ1n) is 7.71. The molecule has 7 nitrogen and oxygen atoms in total. The number of rotatable bonds is 4. The number of anilines is 1. The average molecular weight is 353 g/mol. The van der Waals surface area contributed by atoms with E-state index >= 15 is 0 Å². The SMILES string of the molecule is CC(=O)C1=C(O)C(=O)N(c2ccc(C(=O)O)c(O)c2)[C@@H]1c1ccccc1. The van der Waals surface area contributed by atoms with Gasteiger partial charge in [-0.25, -0.2) is 4.79 Å². The van der Waals surface area contributed by atoms with Gasteiger partial charge in [-0.15, -0.1) is 0 Å². The molecule has 132 valence electrons. The van der Waals surface area contributed by atoms with Crippen molar-refractivity contribution in [3.63, 3.8) is 0 Å². The van der Waals surface area contributed by atoms with Crippen LogP contribution in [0.4, 0.5) is 5.69 Å². The van der Waals surface area contributed by atoms with Crippen LogP contribution in [0.5, 0.6) is 5.75 Å². The molecule has 0 radical (unpaired) electrons. The summed E-state index contributed by atoms with van der Waals surface area (Å²) in [5, 5.41) is 29.2. The van der Waals surface area contributed by atoms with Crippen LogP contribution in [0.15, 0.2) is 59.9 Å². The summed E-state index contributed by atoms with van der Waals surface area (Å²) in [5.74, 6) is -3.75. The van der Waals surface area contributed by atoms with Crippen molar-refractivity contribution in [2.45, 2.75) is 13.0 Å². The fraction of sp³-hybridized carbons (Fsp3) is 0.105. The second-order valence-corrected chi connectivity index (χ2v) is 5.81. The van der Waals surface area contributed by atoms with Crippen molar-refractivity contribution in [3.8, 4) is 5.75 Å². The van der Waals surface area contributed by atoms with E-state index in [-0.39, 0.29) is 16.8 Å². The summed E-state index contributed by atoms with van der Waals surface area (Å²) in [6.45, 7) is 1.25. The first-order chi connectivity index (χ1) is 12.3. The zero-order valence-corrected chi connectivity index (χ0v) is 13.7. The van der Waals surface area contributed by atoms with Crippen molar-refractivity contribution < 1.29 is 29.7 Å². The number of hydrogen-bond acceptors (Lipinski definition) is 5. The Balaban J connectivity index is 2.17. The van der Waals surface area contributed by atoms with Gasteiger partial charge >= 0.3 is 5.97 Å². The molecule has 1 atom stereocenters. The number of nitrogens with zero attached hydrogens (tertiary/aromatic N) is 1. The number of aliphatic hydroxyl groups is 1. The van der Waals surface area contributed by atoms with Gasteiger partial charge in [0.1, 0.15) is 11.3 Å². The molecular formula is C19H15NO6. The standard InChI is InChI=1S/C19H15NO6/c1-10(21)15-16(11-5-3-2-4-6-11)20(18(24)17(15)23)12-7-8-13(19(25)26)14(22)9-12/h2-9,16,22-23H,1H3,(H,25,26)/t16-/m1/s1. The van der Waals surface area contributed by atoms with Crippen LogP contribution in [0.1, 0.15) is 28.9 Å². The maximum Gasteiger partial charge on any atom is 0.339 e. The molecule has 3 rings (SSSR count). The van der Waals surface area contributed by atoms with Crippen molar-refractivity contribution in [1.29, 1.82) is 0 Å². The van der Waals surface area contributed by atoms with Crippen molar-refractivity contribution in [3.05, 3.63) is 71.0 Å². The first-order valence-corrected chi connectivity index (χ1v) is 7.71. The smallest absolute Gasteiger partial charge is 0.339 e. The number of carboxylic acids is 1. The minimum Gasteiger partial charge on any atom is -0.507 e. The number of aromatic carboxylic acids is 1. The minimum absolute atomic E-state index is 0.0528. The van der Waals surface area contributed by atoms with Crippen LogP contribution >= 0.6 is 0 Å². The van der Waals surface area contributed by atoms with Crippen LogP contribution in [0.2, 0.25) is 0 Å². The third-order valence-electron chi connectivity index (χ3n) is 4.19. The van der Waals surface area contributed by atoms with Gasteiger partial charge in [-0.2, -0.15) is 0 Å². The lowest BCUT2D eigenvalue weighted by Crippen LogP contribution is -2.30. The third kappa shape index (κ3) is 2.69. The van der Waals surface area contributed by atoms with Crippen LogP contribution in [0.3, 0.4) is 0 Å². The third-order valence-corrected chi connectivity index (χ3v) is 4.19. The van der Waals surface area contributed by atoms with E-state index in [1.807, 2.05) is 0 Å². The van der Waals surface area contributed by atoms with Crippen molar-refractivity contribution in [2.24, 2.45) is 0 Å². The normalized spacial score (nSPS) is 16.9. The maximum atomic E-state index is 12.6. The lowest BCUT2D eigenvalue weighted by Gasteiger charge is -2.27. The molecule has 0 saturated heterocycles. The fourth-order valence-electron chi connectivity index (χ4n) is 3.03. The van der Waals surface area contributed by atoms with Gasteiger partial charge in [0.25, 0.3) is 5.91 Å². The van der Waals surface area contributed by atoms with Gasteiger partial charge in [0.05, 0.1) is 11.6 Å². The summed E-state index contributed by atoms with van der Waals surface area (Å²) in [7, 11) is 0. The lowest BCUT2D eigenvalue weighted by atomic mass is 9.96. The Morgan fingerprint density at radius 2 is 1.69 bits per heavy atom. The van der Waals surface area contributed by atoms with Crippen LogP contribution in [-0.2, 0) is 9.59 Å². The number of Topliss-reactive ketones (excluding diaryl/α,β-unsaturated/α-hetero) is 1. The molecule has 0 aromatic heterocycles. The Morgan fingerprint density at radius 1 is 1.04 bits per heavy atom. The molecule has 0 bridgehead atoms. The predicted octanol–water partition coefficient (Wildman–Crippen LogP) is 2.58. The number of benzene rings is 2. The van der Waals surface area contributed by atoms with E-state index in [0.717, 1.165) is 17.0 Å². The molecule has 1 heterocycles. The summed E-state index contributed by atoms with van der Waals surface area (Å²) in [5.41, 5.74) is 0.384. The van der Waals surface area contributed by atoms with E-state index in [1.165, 1.54) is 13.0 Å². The van der Waals surface area contributed by atoms with Gasteiger partial charge < -0.3 is 15.3 Å². The number of aliphatic hydroxyl groups excluding tert-OH is 1. The molecule has 7 heteroatoms. The average Bonchev–Trinajstić information content (AvgIpc) is 2.87. The van der Waals surface area contributed by atoms with Gasteiger partial charge in [0.15, 0.2) is 11.5 Å². The second-order valence-electron chi connectivity index (χ2n) is 5.81. The molecule has 3 N–H and O–H groups in total. The highest BCUT2D eigenvalue weighted by molar-refractivity contribution is 6.16. The highest BCUT2D eigenvalue weighted by Crippen LogP contribution is 2.41. The second kappa shape index (κ2) is 6.36. The number of phenols is 1. The molecule has 0 spiro atoms. The van der Waals surface area contributed by atoms with Crippen molar-refractivity contribution in [2.75, 3.05) is 4.90 Å². The van der Waals surface area contributed by atoms with E-state index in [2.05, 4.69) is 0 Å². The Kier molecular flexibility index (Phi) is 4.21. The molecule has 0 fully saturated rings. The Bertz CT molecular complexity index is 948. The van der Waals surface area contributed by atoms with Crippen LogP contribution in [-0.4, -0.2) is 33.0 Å². The zero-order valence-electron chi connectivity index (χ0n) is 13.7. The number of ketones is 1. The van der Waals surface area contributed by atoms with Crippen molar-refractivity contribution in [1.82, 2.24) is 0 Å². The number of hydrogen-bond donors (Lipinski definition) is 3. The monoisotopic (exact) mass is 353 g/mol. The highest BCUT2D eigenvalue weighted by Gasteiger charge is 2.43. The molecular weight excluding hydrogens is 338 g/mol. The molecule has 26 heavy (non-hydrogen) atoms. The number of amides is 1. The molecule has 1 amide bonds. The summed E-state index contributed by atoms with van der Waals surface area (Å²) < 4.78 is 0. The Morgan fingerprint density at radius 3 is 2.23 bits per heavy atom. The molecule has 0 aliphatic carbocycles. The number of carbonyl (C=O) groups excluding carboxylic acids is 2. The largest absolute Gasteiger partial charge is 0.507 e. The van der Waals surface area contributed by atoms with Gasteiger partial charge in [-0.3, -0.25) is 14.5 Å². The van der Waals surface area contributed by atoms with Crippen LogP contribution < -0.4 is 4.90 Å². The summed E-state index contributed by atoms with van der Waals surface area (Å²) in [6.07, 6.45) is 0. The topological polar surface area (TPSA) is 115 Å². The van der Waals surface area contributed by atoms with E-state index in [0.29, 0.717) is 5.56 Å².